The fourth-order valence-corrected chi connectivity index (χ4v) is 2.01. The van der Waals surface area contributed by atoms with Crippen molar-refractivity contribution in [3.63, 3.8) is 0 Å². The normalized spacial score (nSPS) is 15.8. The first-order valence-corrected chi connectivity index (χ1v) is 9.20. The third-order valence-electron chi connectivity index (χ3n) is 2.54. The molecule has 3 unspecified atom stereocenters. The first-order valence-electron chi connectivity index (χ1n) is 7.65. The van der Waals surface area contributed by atoms with Crippen LogP contribution in [0.1, 0.15) is 40.0 Å². The minimum absolute atomic E-state index is 0.100. The molecule has 0 spiro atoms. The summed E-state index contributed by atoms with van der Waals surface area (Å²) < 4.78 is 15.3. The second-order valence-corrected chi connectivity index (χ2v) is 8.28. The molecule has 140 valence electrons. The lowest BCUT2D eigenvalue weighted by atomic mass is 10.3. The summed E-state index contributed by atoms with van der Waals surface area (Å²) in [6, 6.07) is 0. The predicted octanol–water partition coefficient (Wildman–Crippen LogP) is 2.11. The maximum Gasteiger partial charge on any atom is 0.307 e. The molecule has 0 aromatic rings. The maximum absolute atomic E-state index is 11.7. The molecular weight excluding hydrogens is 372 g/mol. The molecule has 0 aliphatic heterocycles. The Bertz CT molecular complexity index is 386. The Kier molecular flexibility index (Phi) is 12.5. The highest BCUT2D eigenvalue weighted by atomic mass is 32.1. The van der Waals surface area contributed by atoms with Crippen LogP contribution in [0.25, 0.3) is 0 Å². The van der Waals surface area contributed by atoms with Crippen LogP contribution in [0.15, 0.2) is 0 Å². The van der Waals surface area contributed by atoms with Crippen molar-refractivity contribution in [2.24, 2.45) is 0 Å². The number of thiol groups is 3. The SMILES string of the molecule is CC(S)CC(=O)OCC(COC(=O)CC(C)S)OC(=O)CC(C)S. The lowest BCUT2D eigenvalue weighted by molar-refractivity contribution is -0.166. The highest BCUT2D eigenvalue weighted by molar-refractivity contribution is 7.81. The fraction of sp³-hybridized carbons (Fsp3) is 0.800. The minimum Gasteiger partial charge on any atom is -0.462 e. The van der Waals surface area contributed by atoms with E-state index in [-0.39, 0.29) is 48.2 Å². The number of esters is 3. The Balaban J connectivity index is 4.50. The largest absolute Gasteiger partial charge is 0.462 e. The van der Waals surface area contributed by atoms with Crippen LogP contribution in [0.3, 0.4) is 0 Å². The summed E-state index contributed by atoms with van der Waals surface area (Å²) >= 11 is 12.3. The van der Waals surface area contributed by atoms with E-state index in [9.17, 15) is 14.4 Å². The van der Waals surface area contributed by atoms with Gasteiger partial charge in [-0.1, -0.05) is 20.8 Å². The summed E-state index contributed by atoms with van der Waals surface area (Å²) in [4.78, 5) is 34.9. The van der Waals surface area contributed by atoms with Gasteiger partial charge < -0.3 is 14.2 Å². The minimum atomic E-state index is -0.858. The summed E-state index contributed by atoms with van der Waals surface area (Å²) in [5.41, 5.74) is 0. The van der Waals surface area contributed by atoms with E-state index in [1.165, 1.54) is 0 Å². The van der Waals surface area contributed by atoms with E-state index < -0.39 is 24.0 Å². The number of rotatable bonds is 11. The quantitative estimate of drug-likeness (QED) is 0.281. The van der Waals surface area contributed by atoms with E-state index in [0.29, 0.717) is 0 Å². The number of carbonyl (C=O) groups is 3. The van der Waals surface area contributed by atoms with Crippen molar-refractivity contribution in [1.29, 1.82) is 0 Å². The van der Waals surface area contributed by atoms with E-state index in [1.807, 2.05) is 0 Å². The molecule has 0 aliphatic rings. The third kappa shape index (κ3) is 13.9. The highest BCUT2D eigenvalue weighted by Gasteiger charge is 2.20. The standard InChI is InChI=1S/C15H26O6S3/c1-9(22)4-13(16)19-7-12(21-15(18)6-11(3)24)8-20-14(17)5-10(2)23/h9-12,22-24H,4-8H2,1-3H3. The second kappa shape index (κ2) is 12.8. The van der Waals surface area contributed by atoms with Crippen molar-refractivity contribution in [3.8, 4) is 0 Å². The van der Waals surface area contributed by atoms with E-state index in [1.54, 1.807) is 20.8 Å². The van der Waals surface area contributed by atoms with Crippen LogP contribution in [0.4, 0.5) is 0 Å². The molecule has 0 fully saturated rings. The summed E-state index contributed by atoms with van der Waals surface area (Å²) in [6.07, 6.45) is -0.492. The van der Waals surface area contributed by atoms with Gasteiger partial charge in [-0.3, -0.25) is 14.4 Å². The average molecular weight is 399 g/mol. The van der Waals surface area contributed by atoms with Gasteiger partial charge in [-0.15, -0.1) is 0 Å². The second-order valence-electron chi connectivity index (χ2n) is 5.64. The molecule has 0 saturated carbocycles. The molecule has 0 aromatic heterocycles. The Morgan fingerprint density at radius 3 is 1.38 bits per heavy atom. The van der Waals surface area contributed by atoms with Crippen LogP contribution in [-0.4, -0.2) is 53.0 Å². The zero-order valence-corrected chi connectivity index (χ0v) is 16.8. The Morgan fingerprint density at radius 2 is 1.04 bits per heavy atom. The van der Waals surface area contributed by atoms with Gasteiger partial charge in [-0.25, -0.2) is 0 Å². The maximum atomic E-state index is 11.7. The van der Waals surface area contributed by atoms with Gasteiger partial charge in [-0.05, 0) is 0 Å². The Labute approximate surface area is 159 Å². The zero-order valence-electron chi connectivity index (χ0n) is 14.1. The van der Waals surface area contributed by atoms with Gasteiger partial charge in [0.2, 0.25) is 0 Å². The Morgan fingerprint density at radius 1 is 0.708 bits per heavy atom. The number of hydrogen-bond acceptors (Lipinski definition) is 9. The third-order valence-corrected chi connectivity index (χ3v) is 3.09. The van der Waals surface area contributed by atoms with Crippen molar-refractivity contribution < 1.29 is 28.6 Å². The zero-order chi connectivity index (χ0) is 18.7. The smallest absolute Gasteiger partial charge is 0.307 e. The molecule has 0 aliphatic carbocycles. The molecule has 0 heterocycles. The molecule has 0 bridgehead atoms. The van der Waals surface area contributed by atoms with Crippen molar-refractivity contribution in [2.45, 2.75) is 61.9 Å². The van der Waals surface area contributed by atoms with E-state index in [4.69, 9.17) is 14.2 Å². The van der Waals surface area contributed by atoms with Gasteiger partial charge in [0.15, 0.2) is 6.10 Å². The molecule has 0 amide bonds. The van der Waals surface area contributed by atoms with Crippen molar-refractivity contribution in [3.05, 3.63) is 0 Å². The molecule has 0 saturated heterocycles. The summed E-state index contributed by atoms with van der Waals surface area (Å²) in [5.74, 6) is -1.42. The van der Waals surface area contributed by atoms with Crippen molar-refractivity contribution >= 4 is 55.8 Å². The van der Waals surface area contributed by atoms with E-state index >= 15 is 0 Å². The summed E-state index contributed by atoms with van der Waals surface area (Å²) in [5, 5.41) is -0.449. The van der Waals surface area contributed by atoms with Gasteiger partial charge in [0.25, 0.3) is 0 Å². The van der Waals surface area contributed by atoms with Crippen LogP contribution in [0.5, 0.6) is 0 Å². The van der Waals surface area contributed by atoms with Crippen LogP contribution in [0.2, 0.25) is 0 Å². The van der Waals surface area contributed by atoms with Gasteiger partial charge in [-0.2, -0.15) is 37.9 Å². The predicted molar refractivity (Wildman–Crippen MR) is 101 cm³/mol. The van der Waals surface area contributed by atoms with Gasteiger partial charge in [0, 0.05) is 15.7 Å². The van der Waals surface area contributed by atoms with Crippen molar-refractivity contribution in [2.75, 3.05) is 13.2 Å². The number of ether oxygens (including phenoxy) is 3. The molecule has 9 heteroatoms. The van der Waals surface area contributed by atoms with Crippen LogP contribution < -0.4 is 0 Å². The molecular formula is C15H26O6S3. The lowest BCUT2D eigenvalue weighted by Gasteiger charge is -2.19. The lowest BCUT2D eigenvalue weighted by Crippen LogP contribution is -2.31. The molecule has 0 radical (unpaired) electrons. The summed E-state index contributed by atoms with van der Waals surface area (Å²) in [7, 11) is 0. The fourth-order valence-electron chi connectivity index (χ4n) is 1.56. The van der Waals surface area contributed by atoms with Gasteiger partial charge >= 0.3 is 17.9 Å². The highest BCUT2D eigenvalue weighted by Crippen LogP contribution is 2.08. The number of carbonyl (C=O) groups excluding carboxylic acids is 3. The van der Waals surface area contributed by atoms with Gasteiger partial charge in [0.05, 0.1) is 19.3 Å². The molecule has 0 rings (SSSR count). The topological polar surface area (TPSA) is 78.9 Å². The molecule has 0 N–H and O–H groups in total. The first kappa shape index (κ1) is 23.5. The Hall–Kier alpha value is -0.540. The van der Waals surface area contributed by atoms with Crippen molar-refractivity contribution in [1.82, 2.24) is 0 Å². The van der Waals surface area contributed by atoms with E-state index in [0.717, 1.165) is 0 Å². The average Bonchev–Trinajstić information content (AvgIpc) is 2.39. The number of hydrogen-bond donors (Lipinski definition) is 3. The van der Waals surface area contributed by atoms with Crippen LogP contribution in [-0.2, 0) is 28.6 Å². The monoisotopic (exact) mass is 398 g/mol. The first-order chi connectivity index (χ1) is 11.1. The van der Waals surface area contributed by atoms with E-state index in [2.05, 4.69) is 37.9 Å². The van der Waals surface area contributed by atoms with Gasteiger partial charge in [0.1, 0.15) is 13.2 Å². The molecule has 24 heavy (non-hydrogen) atoms. The molecule has 3 atom stereocenters. The molecule has 0 aromatic carbocycles. The molecule has 6 nitrogen and oxygen atoms in total. The van der Waals surface area contributed by atoms with Crippen LogP contribution in [0, 0.1) is 0 Å². The van der Waals surface area contributed by atoms with Crippen LogP contribution >= 0.6 is 37.9 Å². The summed E-state index contributed by atoms with van der Waals surface area (Å²) in [6.45, 7) is 4.90.